The highest BCUT2D eigenvalue weighted by Gasteiger charge is 2.23. The second kappa shape index (κ2) is 8.62. The Morgan fingerprint density at radius 3 is 2.80 bits per heavy atom. The lowest BCUT2D eigenvalue weighted by Gasteiger charge is -2.20. The van der Waals surface area contributed by atoms with Gasteiger partial charge in [-0.2, -0.15) is 5.10 Å². The van der Waals surface area contributed by atoms with Gasteiger partial charge in [0.1, 0.15) is 13.2 Å². The van der Waals surface area contributed by atoms with Crippen LogP contribution in [0.5, 0.6) is 11.5 Å². The lowest BCUT2D eigenvalue weighted by molar-refractivity contribution is 0.102. The predicted octanol–water partition coefficient (Wildman–Crippen LogP) is 4.15. The van der Waals surface area contributed by atoms with E-state index in [1.54, 1.807) is 17.5 Å². The van der Waals surface area contributed by atoms with Gasteiger partial charge >= 0.3 is 0 Å². The molecule has 3 aromatic heterocycles. The highest BCUT2D eigenvalue weighted by Crippen LogP contribution is 2.36. The van der Waals surface area contributed by atoms with E-state index >= 15 is 0 Å². The van der Waals surface area contributed by atoms with Crippen LogP contribution in [-0.2, 0) is 13.0 Å². The molecular weight excluding hydrogens is 464 g/mol. The van der Waals surface area contributed by atoms with E-state index in [9.17, 15) is 4.79 Å². The van der Waals surface area contributed by atoms with Gasteiger partial charge in [0.2, 0.25) is 0 Å². The fourth-order valence-electron chi connectivity index (χ4n) is 4.48. The van der Waals surface area contributed by atoms with E-state index < -0.39 is 0 Å². The number of nitrogens with zero attached hydrogens (tertiary/aromatic N) is 5. The summed E-state index contributed by atoms with van der Waals surface area (Å²) in [6.07, 6.45) is 2.61. The van der Waals surface area contributed by atoms with Crippen LogP contribution in [0.15, 0.2) is 30.5 Å². The first-order valence-electron chi connectivity index (χ1n) is 11.7. The average molecular weight is 491 g/mol. The molecule has 10 heteroatoms. The minimum absolute atomic E-state index is 0.0918. The van der Waals surface area contributed by atoms with Gasteiger partial charge in [0.15, 0.2) is 22.3 Å². The zero-order chi connectivity index (χ0) is 24.1. The summed E-state index contributed by atoms with van der Waals surface area (Å²) in [7, 11) is 2.10. The normalized spacial score (nSPS) is 15.4. The molecule has 0 radical (unpaired) electrons. The molecule has 0 saturated carbocycles. The molecule has 1 amide bonds. The number of nitrogens with one attached hydrogen (secondary N) is 1. The van der Waals surface area contributed by atoms with Crippen molar-refractivity contribution in [3.05, 3.63) is 46.6 Å². The van der Waals surface area contributed by atoms with E-state index in [-0.39, 0.29) is 11.9 Å². The third-order valence-electron chi connectivity index (χ3n) is 6.28. The molecule has 4 aromatic rings. The molecule has 2 aliphatic rings. The number of fused-ring (bicyclic) bond motifs is 3. The number of rotatable bonds is 4. The highest BCUT2D eigenvalue weighted by atomic mass is 32.1. The average Bonchev–Trinajstić information content (AvgIpc) is 3.46. The van der Waals surface area contributed by atoms with Crippen LogP contribution < -0.4 is 14.8 Å². The molecule has 9 nitrogen and oxygen atoms in total. The summed E-state index contributed by atoms with van der Waals surface area (Å²) in [6, 6.07) is 7.63. The van der Waals surface area contributed by atoms with E-state index in [0.717, 1.165) is 30.8 Å². The monoisotopic (exact) mass is 490 g/mol. The van der Waals surface area contributed by atoms with Crippen LogP contribution in [0.3, 0.4) is 0 Å². The first kappa shape index (κ1) is 22.0. The first-order valence-corrected chi connectivity index (χ1v) is 12.5. The molecule has 35 heavy (non-hydrogen) atoms. The summed E-state index contributed by atoms with van der Waals surface area (Å²) in [5, 5.41) is 8.88. The van der Waals surface area contributed by atoms with Crippen LogP contribution in [0.4, 0.5) is 5.13 Å². The highest BCUT2D eigenvalue weighted by molar-refractivity contribution is 7.15. The van der Waals surface area contributed by atoms with Crippen molar-refractivity contribution < 1.29 is 14.3 Å². The van der Waals surface area contributed by atoms with Crippen molar-refractivity contribution in [1.29, 1.82) is 0 Å². The summed E-state index contributed by atoms with van der Waals surface area (Å²) < 4.78 is 13.3. The molecule has 6 rings (SSSR count). The van der Waals surface area contributed by atoms with Gasteiger partial charge < -0.3 is 14.4 Å². The number of aromatic nitrogens is 4. The quantitative estimate of drug-likeness (QED) is 0.459. The summed E-state index contributed by atoms with van der Waals surface area (Å²) in [5.41, 5.74) is 3.76. The Kier molecular flexibility index (Phi) is 5.42. The Labute approximate surface area is 206 Å². The summed E-state index contributed by atoms with van der Waals surface area (Å²) >= 11 is 1.54. The van der Waals surface area contributed by atoms with Gasteiger partial charge in [0.05, 0.1) is 28.5 Å². The number of likely N-dealkylation sites (N-methyl/N-ethyl adjacent to an activating group) is 1. The molecule has 1 N–H and O–H groups in total. The predicted molar refractivity (Wildman–Crippen MR) is 134 cm³/mol. The van der Waals surface area contributed by atoms with Crippen molar-refractivity contribution in [3.8, 4) is 22.8 Å². The van der Waals surface area contributed by atoms with Gasteiger partial charge in [-0.25, -0.2) is 14.6 Å². The smallest absolute Gasteiger partial charge is 0.258 e. The topological polar surface area (TPSA) is 94.4 Å². The zero-order valence-corrected chi connectivity index (χ0v) is 20.7. The Morgan fingerprint density at radius 2 is 1.97 bits per heavy atom. The van der Waals surface area contributed by atoms with Gasteiger partial charge in [-0.1, -0.05) is 0 Å². The number of hydrogen-bond donors (Lipinski definition) is 1. The van der Waals surface area contributed by atoms with Gasteiger partial charge in [-0.3, -0.25) is 10.1 Å². The molecule has 0 bridgehead atoms. The number of thiazole rings is 1. The number of carbonyl (C=O) groups is 1. The van der Waals surface area contributed by atoms with Crippen LogP contribution in [0, 0.1) is 0 Å². The lowest BCUT2D eigenvalue weighted by Crippen LogP contribution is -2.25. The number of amides is 1. The summed E-state index contributed by atoms with van der Waals surface area (Å²) in [6.45, 7) is 6.96. The van der Waals surface area contributed by atoms with Crippen molar-refractivity contribution >= 4 is 33.4 Å². The maximum atomic E-state index is 13.5. The largest absolute Gasteiger partial charge is 0.486 e. The van der Waals surface area contributed by atoms with Crippen LogP contribution in [0.1, 0.15) is 40.8 Å². The van der Waals surface area contributed by atoms with Crippen LogP contribution in [0.2, 0.25) is 0 Å². The van der Waals surface area contributed by atoms with Gasteiger partial charge in [-0.15, -0.1) is 11.3 Å². The molecule has 0 unspecified atom stereocenters. The number of carbonyl (C=O) groups excluding carboxylic acids is 1. The van der Waals surface area contributed by atoms with Gasteiger partial charge in [0.25, 0.3) is 5.91 Å². The van der Waals surface area contributed by atoms with E-state index in [4.69, 9.17) is 14.5 Å². The Bertz CT molecular complexity index is 1440. The van der Waals surface area contributed by atoms with E-state index in [0.29, 0.717) is 52.1 Å². The van der Waals surface area contributed by atoms with Gasteiger partial charge in [0, 0.05) is 36.0 Å². The van der Waals surface area contributed by atoms with E-state index in [2.05, 4.69) is 27.3 Å². The Morgan fingerprint density at radius 1 is 1.14 bits per heavy atom. The van der Waals surface area contributed by atoms with Crippen molar-refractivity contribution in [2.75, 3.05) is 32.1 Å². The molecule has 0 fully saturated rings. The second-order valence-corrected chi connectivity index (χ2v) is 10.2. The maximum Gasteiger partial charge on any atom is 0.258 e. The molecule has 180 valence electrons. The number of benzene rings is 1. The third-order valence-corrected chi connectivity index (χ3v) is 7.28. The van der Waals surface area contributed by atoms with Crippen LogP contribution >= 0.6 is 11.3 Å². The first-order chi connectivity index (χ1) is 17.0. The van der Waals surface area contributed by atoms with E-state index in [1.807, 2.05) is 42.8 Å². The van der Waals surface area contributed by atoms with Crippen molar-refractivity contribution in [2.45, 2.75) is 32.9 Å². The molecular formula is C25H26N6O3S. The number of pyridine rings is 1. The molecule has 0 aliphatic carbocycles. The molecule has 0 spiro atoms. The minimum Gasteiger partial charge on any atom is -0.486 e. The fourth-order valence-corrected chi connectivity index (χ4v) is 5.56. The maximum absolute atomic E-state index is 13.5. The van der Waals surface area contributed by atoms with Crippen LogP contribution in [-0.4, -0.2) is 57.4 Å². The van der Waals surface area contributed by atoms with Crippen molar-refractivity contribution in [3.63, 3.8) is 0 Å². The standard InChI is InChI=1S/C25H26N6O3S/c1-14(2)31-23-17(12-26-31)16(24(32)29-25-28-18-6-7-30(3)13-22(18)35-25)11-19(27-23)15-4-5-20-21(10-15)34-9-8-33-20/h4-5,10-12,14H,6-9,13H2,1-3H3,(H,28,29,32). The summed E-state index contributed by atoms with van der Waals surface area (Å²) in [5.74, 6) is 1.17. The zero-order valence-electron chi connectivity index (χ0n) is 19.9. The lowest BCUT2D eigenvalue weighted by atomic mass is 10.1. The molecule has 1 aromatic carbocycles. The molecule has 2 aliphatic heterocycles. The molecule has 0 saturated heterocycles. The fraction of sp³-hybridized carbons (Fsp3) is 0.360. The van der Waals surface area contributed by atoms with E-state index in [1.165, 1.54) is 4.88 Å². The number of ether oxygens (including phenoxy) is 2. The van der Waals surface area contributed by atoms with Crippen LogP contribution in [0.25, 0.3) is 22.3 Å². The summed E-state index contributed by atoms with van der Waals surface area (Å²) in [4.78, 5) is 26.6. The molecule has 5 heterocycles. The number of hydrogen-bond acceptors (Lipinski definition) is 8. The minimum atomic E-state index is -0.223. The molecule has 0 atom stereocenters. The van der Waals surface area contributed by atoms with Crippen molar-refractivity contribution in [1.82, 2.24) is 24.6 Å². The Hall–Kier alpha value is -3.50. The third kappa shape index (κ3) is 4.02. The second-order valence-electron chi connectivity index (χ2n) is 9.16. The SMILES string of the molecule is CC(C)n1ncc2c(C(=O)Nc3nc4c(s3)CN(C)CC4)cc(-c3ccc4c(c3)OCCO4)nc21. The van der Waals surface area contributed by atoms with Crippen molar-refractivity contribution in [2.24, 2.45) is 0 Å². The Balaban J connectivity index is 1.41. The number of anilines is 1. The van der Waals surface area contributed by atoms with Gasteiger partial charge in [-0.05, 0) is 45.2 Å².